The van der Waals surface area contributed by atoms with Gasteiger partial charge in [0.15, 0.2) is 0 Å². The third kappa shape index (κ3) is 2.22. The molecule has 3 rings (SSSR count). The molecule has 0 aliphatic carbocycles. The van der Waals surface area contributed by atoms with E-state index in [9.17, 15) is 5.11 Å². The molecule has 0 bridgehead atoms. The Hall–Kier alpha value is -0.850. The monoisotopic (exact) mass is 302 g/mol. The molecule has 1 fully saturated rings. The number of aliphatic hydroxyl groups excluding tert-OH is 2. The molecule has 3 atom stereocenters. The van der Waals surface area contributed by atoms with Gasteiger partial charge in [-0.25, -0.2) is 4.98 Å². The summed E-state index contributed by atoms with van der Waals surface area (Å²) in [6.45, 7) is -0.208. The van der Waals surface area contributed by atoms with E-state index in [0.29, 0.717) is 16.7 Å². The number of aliphatic hydroxyl groups is 2. The zero-order chi connectivity index (χ0) is 13.6. The molecule has 0 aromatic carbocycles. The summed E-state index contributed by atoms with van der Waals surface area (Å²) >= 11 is 11.9. The van der Waals surface area contributed by atoms with Crippen LogP contribution in [0.5, 0.6) is 0 Å². The van der Waals surface area contributed by atoms with Crippen LogP contribution in [0.25, 0.3) is 10.9 Å². The molecular weight excluding hydrogens is 291 g/mol. The van der Waals surface area contributed by atoms with Gasteiger partial charge < -0.3 is 19.5 Å². The minimum absolute atomic E-state index is 0.208. The number of halogens is 2. The molecule has 0 spiro atoms. The Morgan fingerprint density at radius 2 is 2.26 bits per heavy atom. The highest BCUT2D eigenvalue weighted by Crippen LogP contribution is 2.34. The number of rotatable bonds is 2. The number of ether oxygens (including phenoxy) is 1. The normalized spacial score (nSPS) is 27.3. The Morgan fingerprint density at radius 3 is 2.95 bits per heavy atom. The van der Waals surface area contributed by atoms with E-state index in [1.54, 1.807) is 6.07 Å². The minimum Gasteiger partial charge on any atom is -0.394 e. The fourth-order valence-electron chi connectivity index (χ4n) is 2.39. The third-order valence-corrected chi connectivity index (χ3v) is 3.82. The number of aromatic nitrogens is 2. The molecule has 1 saturated heterocycles. The van der Waals surface area contributed by atoms with Crippen molar-refractivity contribution in [2.45, 2.75) is 24.9 Å². The van der Waals surface area contributed by atoms with E-state index in [1.165, 1.54) is 0 Å². The van der Waals surface area contributed by atoms with Crippen LogP contribution in [0.2, 0.25) is 10.3 Å². The van der Waals surface area contributed by atoms with Crippen LogP contribution in [-0.4, -0.2) is 38.6 Å². The van der Waals surface area contributed by atoms with Gasteiger partial charge in [0.25, 0.3) is 0 Å². The molecule has 1 aliphatic heterocycles. The van der Waals surface area contributed by atoms with E-state index in [4.69, 9.17) is 33.0 Å². The number of fused-ring (bicyclic) bond motifs is 1. The van der Waals surface area contributed by atoms with E-state index in [1.807, 2.05) is 16.8 Å². The van der Waals surface area contributed by atoms with Crippen LogP contribution in [0.15, 0.2) is 18.3 Å². The molecule has 7 heteroatoms. The average Bonchev–Trinajstić information content (AvgIpc) is 2.92. The number of pyridine rings is 1. The second-order valence-corrected chi connectivity index (χ2v) is 5.25. The van der Waals surface area contributed by atoms with Gasteiger partial charge >= 0.3 is 0 Å². The molecular formula is C12H12Cl2N2O3. The van der Waals surface area contributed by atoms with E-state index in [2.05, 4.69) is 4.98 Å². The van der Waals surface area contributed by atoms with Gasteiger partial charge in [0.2, 0.25) is 0 Å². The van der Waals surface area contributed by atoms with Gasteiger partial charge in [-0.1, -0.05) is 23.2 Å². The van der Waals surface area contributed by atoms with E-state index in [0.717, 1.165) is 10.9 Å². The minimum atomic E-state index is -0.680. The standard InChI is InChI=1S/C12H12Cl2N2O3/c13-10-3-7-6(12(14)15-10)1-2-16(7)11-4-8(18)9(5-17)19-11/h1-3,8-9,11,17-18H,4-5H2/t8-,9+,11+/m0/s1. The van der Waals surface area contributed by atoms with Gasteiger partial charge in [-0.3, -0.25) is 0 Å². The summed E-state index contributed by atoms with van der Waals surface area (Å²) in [5.74, 6) is 0. The van der Waals surface area contributed by atoms with E-state index in [-0.39, 0.29) is 12.8 Å². The van der Waals surface area contributed by atoms with Crippen molar-refractivity contribution < 1.29 is 14.9 Å². The van der Waals surface area contributed by atoms with Gasteiger partial charge in [0.1, 0.15) is 22.6 Å². The maximum Gasteiger partial charge on any atom is 0.140 e. The van der Waals surface area contributed by atoms with Gasteiger partial charge in [-0.05, 0) is 12.1 Å². The molecule has 102 valence electrons. The summed E-state index contributed by atoms with van der Waals surface area (Å²) in [4.78, 5) is 3.98. The Kier molecular flexibility index (Phi) is 3.41. The summed E-state index contributed by atoms with van der Waals surface area (Å²) in [5.41, 5.74) is 0.792. The Bertz CT molecular complexity index is 616. The largest absolute Gasteiger partial charge is 0.394 e. The molecule has 0 amide bonds. The predicted molar refractivity (Wildman–Crippen MR) is 71.4 cm³/mol. The van der Waals surface area contributed by atoms with Crippen molar-refractivity contribution in [2.75, 3.05) is 6.61 Å². The molecule has 0 unspecified atom stereocenters. The molecule has 1 aliphatic rings. The van der Waals surface area contributed by atoms with Gasteiger partial charge in [0.05, 0.1) is 18.2 Å². The molecule has 5 nitrogen and oxygen atoms in total. The Labute approximate surface area is 119 Å². The van der Waals surface area contributed by atoms with Crippen molar-refractivity contribution in [1.82, 2.24) is 9.55 Å². The second kappa shape index (κ2) is 4.92. The zero-order valence-corrected chi connectivity index (χ0v) is 11.3. The smallest absolute Gasteiger partial charge is 0.140 e. The van der Waals surface area contributed by atoms with Crippen LogP contribution in [0.1, 0.15) is 12.6 Å². The summed E-state index contributed by atoms with van der Waals surface area (Å²) in [5, 5.41) is 20.3. The first-order chi connectivity index (χ1) is 9.10. The van der Waals surface area contributed by atoms with E-state index < -0.39 is 12.2 Å². The van der Waals surface area contributed by atoms with Crippen LogP contribution in [0, 0.1) is 0 Å². The maximum absolute atomic E-state index is 9.78. The van der Waals surface area contributed by atoms with Crippen LogP contribution in [0.3, 0.4) is 0 Å². The first kappa shape index (κ1) is 13.1. The number of hydrogen-bond acceptors (Lipinski definition) is 4. The van der Waals surface area contributed by atoms with E-state index >= 15 is 0 Å². The van der Waals surface area contributed by atoms with Gasteiger partial charge in [-0.2, -0.15) is 0 Å². The summed E-state index contributed by atoms with van der Waals surface area (Å²) in [6.07, 6.45) is 0.632. The Morgan fingerprint density at radius 1 is 1.47 bits per heavy atom. The highest BCUT2D eigenvalue weighted by atomic mass is 35.5. The molecule has 2 aromatic heterocycles. The van der Waals surface area contributed by atoms with Crippen LogP contribution in [0.4, 0.5) is 0 Å². The lowest BCUT2D eigenvalue weighted by molar-refractivity contribution is -0.0428. The maximum atomic E-state index is 9.78. The molecule has 2 aromatic rings. The van der Waals surface area contributed by atoms with Crippen molar-refractivity contribution in [3.8, 4) is 0 Å². The first-order valence-corrected chi connectivity index (χ1v) is 6.62. The summed E-state index contributed by atoms with van der Waals surface area (Å²) in [7, 11) is 0. The summed E-state index contributed by atoms with van der Waals surface area (Å²) < 4.78 is 7.45. The molecule has 19 heavy (non-hydrogen) atoms. The number of nitrogens with zero attached hydrogens (tertiary/aromatic N) is 2. The van der Waals surface area contributed by atoms with Crippen molar-refractivity contribution in [3.05, 3.63) is 28.6 Å². The van der Waals surface area contributed by atoms with Crippen LogP contribution in [-0.2, 0) is 4.74 Å². The van der Waals surface area contributed by atoms with Crippen LogP contribution < -0.4 is 0 Å². The fraction of sp³-hybridized carbons (Fsp3) is 0.417. The quantitative estimate of drug-likeness (QED) is 0.833. The average molecular weight is 303 g/mol. The molecule has 2 N–H and O–H groups in total. The van der Waals surface area contributed by atoms with Gasteiger partial charge in [-0.15, -0.1) is 0 Å². The second-order valence-electron chi connectivity index (χ2n) is 4.51. The topological polar surface area (TPSA) is 67.5 Å². The van der Waals surface area contributed by atoms with Crippen LogP contribution >= 0.6 is 23.2 Å². The fourth-order valence-corrected chi connectivity index (χ4v) is 2.87. The predicted octanol–water partition coefficient (Wildman–Crippen LogP) is 1.98. The lowest BCUT2D eigenvalue weighted by Gasteiger charge is -2.15. The zero-order valence-electron chi connectivity index (χ0n) is 9.83. The highest BCUT2D eigenvalue weighted by Gasteiger charge is 2.34. The van der Waals surface area contributed by atoms with Crippen molar-refractivity contribution in [1.29, 1.82) is 0 Å². The SMILES string of the molecule is OC[C@H]1O[C@@H](n2ccc3c(Cl)nc(Cl)cc32)C[C@@H]1O. The molecule has 0 saturated carbocycles. The first-order valence-electron chi connectivity index (χ1n) is 5.87. The van der Waals surface area contributed by atoms with Gasteiger partial charge in [0, 0.05) is 18.0 Å². The molecule has 3 heterocycles. The van der Waals surface area contributed by atoms with Crippen molar-refractivity contribution in [2.24, 2.45) is 0 Å². The van der Waals surface area contributed by atoms with Crippen molar-refractivity contribution >= 4 is 34.1 Å². The number of hydrogen-bond donors (Lipinski definition) is 2. The highest BCUT2D eigenvalue weighted by molar-refractivity contribution is 6.36. The lowest BCUT2D eigenvalue weighted by Crippen LogP contribution is -2.24. The summed E-state index contributed by atoms with van der Waals surface area (Å²) in [6, 6.07) is 3.52. The Balaban J connectivity index is 2.02. The third-order valence-electron chi connectivity index (χ3n) is 3.33. The van der Waals surface area contributed by atoms with Crippen molar-refractivity contribution in [3.63, 3.8) is 0 Å². The molecule has 0 radical (unpaired) electrons. The lowest BCUT2D eigenvalue weighted by atomic mass is 10.2.